The molecule has 2 aliphatic rings. The Bertz CT molecular complexity index is 849. The number of hydrogen-bond donors (Lipinski definition) is 1. The molecule has 122 valence electrons. The van der Waals surface area contributed by atoms with Gasteiger partial charge in [-0.2, -0.15) is 0 Å². The molecule has 7 heteroatoms. The van der Waals surface area contributed by atoms with E-state index >= 15 is 0 Å². The van der Waals surface area contributed by atoms with Crippen LogP contribution in [0.2, 0.25) is 0 Å². The molecular formula is C17H14N2O5. The SMILES string of the molecule is O=C1CC(c2ccccc2[N+](=O)[O-])c2cc3c(cc2N1)OCCO3. The smallest absolute Gasteiger partial charge is 0.273 e. The maximum atomic E-state index is 12.1. The van der Waals surface area contributed by atoms with Gasteiger partial charge < -0.3 is 14.8 Å². The fourth-order valence-electron chi connectivity index (χ4n) is 3.22. The van der Waals surface area contributed by atoms with Gasteiger partial charge in [-0.25, -0.2) is 0 Å². The normalized spacial score (nSPS) is 18.5. The molecule has 0 spiro atoms. The number of fused-ring (bicyclic) bond motifs is 2. The number of benzene rings is 2. The predicted octanol–water partition coefficient (Wildman–Crippen LogP) is 2.84. The Morgan fingerprint density at radius 3 is 2.54 bits per heavy atom. The van der Waals surface area contributed by atoms with Crippen LogP contribution in [-0.4, -0.2) is 24.0 Å². The Labute approximate surface area is 137 Å². The van der Waals surface area contributed by atoms with E-state index in [9.17, 15) is 14.9 Å². The molecule has 1 amide bonds. The van der Waals surface area contributed by atoms with Crippen molar-refractivity contribution < 1.29 is 19.2 Å². The van der Waals surface area contributed by atoms with Crippen LogP contribution in [0.5, 0.6) is 11.5 Å². The number of carbonyl (C=O) groups is 1. The first kappa shape index (κ1) is 14.5. The maximum Gasteiger partial charge on any atom is 0.273 e. The second-order valence-electron chi connectivity index (χ2n) is 5.70. The summed E-state index contributed by atoms with van der Waals surface area (Å²) in [7, 11) is 0. The number of nitro benzene ring substituents is 1. The fourth-order valence-corrected chi connectivity index (χ4v) is 3.22. The van der Waals surface area contributed by atoms with E-state index in [1.165, 1.54) is 6.07 Å². The van der Waals surface area contributed by atoms with Gasteiger partial charge in [-0.15, -0.1) is 0 Å². The number of ether oxygens (including phenoxy) is 2. The summed E-state index contributed by atoms with van der Waals surface area (Å²) in [5.74, 6) is 0.594. The second-order valence-corrected chi connectivity index (χ2v) is 5.70. The van der Waals surface area contributed by atoms with Gasteiger partial charge in [0, 0.05) is 35.7 Å². The van der Waals surface area contributed by atoms with Crippen LogP contribution >= 0.6 is 0 Å². The Morgan fingerprint density at radius 1 is 1.08 bits per heavy atom. The van der Waals surface area contributed by atoms with Crippen molar-refractivity contribution >= 4 is 17.3 Å². The zero-order valence-electron chi connectivity index (χ0n) is 12.7. The molecule has 0 bridgehead atoms. The van der Waals surface area contributed by atoms with Gasteiger partial charge in [0.1, 0.15) is 13.2 Å². The minimum Gasteiger partial charge on any atom is -0.486 e. The topological polar surface area (TPSA) is 90.7 Å². The lowest BCUT2D eigenvalue weighted by molar-refractivity contribution is -0.385. The third-order valence-corrected chi connectivity index (χ3v) is 4.26. The largest absolute Gasteiger partial charge is 0.486 e. The Morgan fingerprint density at radius 2 is 1.79 bits per heavy atom. The van der Waals surface area contributed by atoms with Crippen molar-refractivity contribution in [2.75, 3.05) is 18.5 Å². The summed E-state index contributed by atoms with van der Waals surface area (Å²) in [4.78, 5) is 23.0. The van der Waals surface area contributed by atoms with E-state index < -0.39 is 10.8 Å². The average molecular weight is 326 g/mol. The molecule has 1 atom stereocenters. The molecule has 2 heterocycles. The number of para-hydroxylation sites is 1. The minimum absolute atomic E-state index is 0.0121. The Kier molecular flexibility index (Phi) is 3.34. The van der Waals surface area contributed by atoms with Crippen molar-refractivity contribution in [3.05, 3.63) is 57.6 Å². The molecule has 4 rings (SSSR count). The van der Waals surface area contributed by atoms with Gasteiger partial charge in [0.25, 0.3) is 5.69 Å². The number of nitrogens with one attached hydrogen (secondary N) is 1. The van der Waals surface area contributed by atoms with Crippen molar-refractivity contribution in [3.8, 4) is 11.5 Å². The number of amides is 1. The molecule has 24 heavy (non-hydrogen) atoms. The summed E-state index contributed by atoms with van der Waals surface area (Å²) in [5, 5.41) is 14.2. The summed E-state index contributed by atoms with van der Waals surface area (Å²) < 4.78 is 11.1. The number of hydrogen-bond acceptors (Lipinski definition) is 5. The Hall–Kier alpha value is -3.09. The minimum atomic E-state index is -0.417. The lowest BCUT2D eigenvalue weighted by Gasteiger charge is -2.28. The van der Waals surface area contributed by atoms with E-state index in [-0.39, 0.29) is 18.0 Å². The van der Waals surface area contributed by atoms with Crippen LogP contribution in [0, 0.1) is 10.1 Å². The molecule has 1 unspecified atom stereocenters. The first-order chi connectivity index (χ1) is 11.6. The van der Waals surface area contributed by atoms with E-state index in [4.69, 9.17) is 9.47 Å². The molecule has 0 fully saturated rings. The van der Waals surface area contributed by atoms with Crippen LogP contribution < -0.4 is 14.8 Å². The quantitative estimate of drug-likeness (QED) is 0.677. The molecule has 0 saturated heterocycles. The van der Waals surface area contributed by atoms with Gasteiger partial charge in [0.15, 0.2) is 11.5 Å². The highest BCUT2D eigenvalue weighted by molar-refractivity contribution is 5.96. The number of nitrogens with zero attached hydrogens (tertiary/aromatic N) is 1. The van der Waals surface area contributed by atoms with Gasteiger partial charge in [-0.1, -0.05) is 18.2 Å². The average Bonchev–Trinajstić information content (AvgIpc) is 2.59. The van der Waals surface area contributed by atoms with Crippen LogP contribution in [0.3, 0.4) is 0 Å². The molecule has 0 aromatic heterocycles. The maximum absolute atomic E-state index is 12.1. The summed E-state index contributed by atoms with van der Waals surface area (Å²) in [6, 6.07) is 10.1. The molecule has 1 N–H and O–H groups in total. The Balaban J connectivity index is 1.87. The molecule has 2 aromatic rings. The number of nitro groups is 1. The van der Waals surface area contributed by atoms with Gasteiger partial charge in [0.2, 0.25) is 5.91 Å². The summed E-state index contributed by atoms with van der Waals surface area (Å²) in [5.41, 5.74) is 1.94. The monoisotopic (exact) mass is 326 g/mol. The van der Waals surface area contributed by atoms with E-state index in [0.29, 0.717) is 36.0 Å². The molecule has 2 aromatic carbocycles. The first-order valence-electron chi connectivity index (χ1n) is 7.60. The summed E-state index contributed by atoms with van der Waals surface area (Å²) in [6.45, 7) is 0.904. The van der Waals surface area contributed by atoms with Crippen LogP contribution in [-0.2, 0) is 4.79 Å². The van der Waals surface area contributed by atoms with E-state index in [0.717, 1.165) is 5.56 Å². The van der Waals surface area contributed by atoms with Crippen molar-refractivity contribution in [1.29, 1.82) is 0 Å². The third kappa shape index (κ3) is 2.34. The van der Waals surface area contributed by atoms with Crippen molar-refractivity contribution in [1.82, 2.24) is 0 Å². The lowest BCUT2D eigenvalue weighted by atomic mass is 9.83. The molecular weight excluding hydrogens is 312 g/mol. The van der Waals surface area contributed by atoms with Gasteiger partial charge in [-0.3, -0.25) is 14.9 Å². The predicted molar refractivity (Wildman–Crippen MR) is 85.6 cm³/mol. The molecule has 0 saturated carbocycles. The van der Waals surface area contributed by atoms with Crippen molar-refractivity contribution in [3.63, 3.8) is 0 Å². The molecule has 0 radical (unpaired) electrons. The first-order valence-corrected chi connectivity index (χ1v) is 7.60. The lowest BCUT2D eigenvalue weighted by Crippen LogP contribution is -2.25. The number of anilines is 1. The zero-order chi connectivity index (χ0) is 16.7. The highest BCUT2D eigenvalue weighted by atomic mass is 16.6. The third-order valence-electron chi connectivity index (χ3n) is 4.26. The van der Waals surface area contributed by atoms with Gasteiger partial charge in [0.05, 0.1) is 4.92 Å². The number of carbonyl (C=O) groups excluding carboxylic acids is 1. The molecule has 7 nitrogen and oxygen atoms in total. The van der Waals surface area contributed by atoms with Crippen LogP contribution in [0.15, 0.2) is 36.4 Å². The van der Waals surface area contributed by atoms with Crippen molar-refractivity contribution in [2.24, 2.45) is 0 Å². The molecule has 2 aliphatic heterocycles. The fraction of sp³-hybridized carbons (Fsp3) is 0.235. The van der Waals surface area contributed by atoms with Gasteiger partial charge in [-0.05, 0) is 11.6 Å². The highest BCUT2D eigenvalue weighted by Crippen LogP contribution is 2.45. The van der Waals surface area contributed by atoms with E-state index in [1.54, 1.807) is 24.3 Å². The molecule has 0 aliphatic carbocycles. The standard InChI is InChI=1S/C17H14N2O5/c20-17-8-11(10-3-1-2-4-14(10)19(21)22)12-7-15-16(9-13(12)18-17)24-6-5-23-15/h1-4,7,9,11H,5-6,8H2,(H,18,20). The van der Waals surface area contributed by atoms with E-state index in [2.05, 4.69) is 5.32 Å². The number of rotatable bonds is 2. The second kappa shape index (κ2) is 5.52. The highest BCUT2D eigenvalue weighted by Gasteiger charge is 2.32. The van der Waals surface area contributed by atoms with Crippen LogP contribution in [0.1, 0.15) is 23.5 Å². The van der Waals surface area contributed by atoms with Gasteiger partial charge >= 0.3 is 0 Å². The summed E-state index contributed by atoms with van der Waals surface area (Å²) in [6.07, 6.45) is 0.150. The van der Waals surface area contributed by atoms with Crippen molar-refractivity contribution in [2.45, 2.75) is 12.3 Å². The zero-order valence-corrected chi connectivity index (χ0v) is 12.7. The van der Waals surface area contributed by atoms with Crippen LogP contribution in [0.25, 0.3) is 0 Å². The summed E-state index contributed by atoms with van der Waals surface area (Å²) >= 11 is 0. The van der Waals surface area contributed by atoms with Crippen LogP contribution in [0.4, 0.5) is 11.4 Å². The van der Waals surface area contributed by atoms with E-state index in [1.807, 2.05) is 6.07 Å².